The maximum Gasteiger partial charge on any atom is 0.319 e. The summed E-state index contributed by atoms with van der Waals surface area (Å²) in [6, 6.07) is 9.59. The van der Waals surface area contributed by atoms with Crippen molar-refractivity contribution in [2.75, 3.05) is 11.1 Å². The Balaban J connectivity index is 1.73. The minimum atomic E-state index is -0.345. The summed E-state index contributed by atoms with van der Waals surface area (Å²) >= 11 is 7.80. The van der Waals surface area contributed by atoms with Crippen molar-refractivity contribution in [2.24, 2.45) is 0 Å². The molecule has 1 heterocycles. The molecule has 6 heteroatoms. The number of carbonyl (C=O) groups is 1. The van der Waals surface area contributed by atoms with Gasteiger partial charge in [-0.1, -0.05) is 17.7 Å². The van der Waals surface area contributed by atoms with Gasteiger partial charge < -0.3 is 10.6 Å². The summed E-state index contributed by atoms with van der Waals surface area (Å²) in [5, 5.41) is 6.14. The second-order valence-electron chi connectivity index (χ2n) is 5.45. The summed E-state index contributed by atoms with van der Waals surface area (Å²) < 4.78 is 13.5. The number of hydrogen-bond donors (Lipinski definition) is 2. The predicted octanol–water partition coefficient (Wildman–Crippen LogP) is 5.15. The van der Waals surface area contributed by atoms with Crippen molar-refractivity contribution in [3.8, 4) is 0 Å². The van der Waals surface area contributed by atoms with Gasteiger partial charge in [0.25, 0.3) is 0 Å². The second-order valence-corrected chi connectivity index (χ2v) is 7.00. The molecular formula is C17H16ClFN2OS. The topological polar surface area (TPSA) is 41.1 Å². The zero-order valence-electron chi connectivity index (χ0n) is 12.5. The number of fused-ring (bicyclic) bond motifs is 1. The van der Waals surface area contributed by atoms with Gasteiger partial charge in [-0.05, 0) is 54.8 Å². The smallest absolute Gasteiger partial charge is 0.319 e. The third-order valence-corrected chi connectivity index (χ3v) is 5.12. The summed E-state index contributed by atoms with van der Waals surface area (Å²) in [5.41, 5.74) is 2.40. The summed E-state index contributed by atoms with van der Waals surface area (Å²) in [6.07, 6.45) is 0.760. The van der Waals surface area contributed by atoms with Crippen molar-refractivity contribution < 1.29 is 9.18 Å². The van der Waals surface area contributed by atoms with Crippen LogP contribution in [0, 0.1) is 12.7 Å². The molecule has 1 unspecified atom stereocenters. The van der Waals surface area contributed by atoms with Gasteiger partial charge in [-0.25, -0.2) is 9.18 Å². The van der Waals surface area contributed by atoms with Gasteiger partial charge >= 0.3 is 6.03 Å². The molecule has 0 fully saturated rings. The number of halogens is 2. The molecule has 1 aliphatic rings. The number of carbonyl (C=O) groups excluding carboxylic acids is 1. The van der Waals surface area contributed by atoms with Crippen LogP contribution in [0.25, 0.3) is 0 Å². The van der Waals surface area contributed by atoms with E-state index in [0.29, 0.717) is 10.7 Å². The molecule has 0 saturated carbocycles. The van der Waals surface area contributed by atoms with E-state index in [-0.39, 0.29) is 17.9 Å². The fourth-order valence-corrected chi connectivity index (χ4v) is 3.94. The molecule has 0 aliphatic carbocycles. The molecule has 2 N–H and O–H groups in total. The number of amides is 2. The summed E-state index contributed by atoms with van der Waals surface area (Å²) in [5.74, 6) is 0.592. The van der Waals surface area contributed by atoms with Crippen LogP contribution in [0.15, 0.2) is 41.3 Å². The van der Waals surface area contributed by atoms with Crippen LogP contribution >= 0.6 is 23.4 Å². The van der Waals surface area contributed by atoms with E-state index in [0.717, 1.165) is 28.2 Å². The molecule has 0 saturated heterocycles. The first kappa shape index (κ1) is 16.1. The Bertz CT molecular complexity index is 753. The Morgan fingerprint density at radius 1 is 1.30 bits per heavy atom. The molecule has 120 valence electrons. The number of rotatable bonds is 2. The number of urea groups is 1. The van der Waals surface area contributed by atoms with Crippen LogP contribution < -0.4 is 10.6 Å². The lowest BCUT2D eigenvalue weighted by atomic mass is 10.0. The lowest BCUT2D eigenvalue weighted by Crippen LogP contribution is -2.34. The molecule has 3 nitrogen and oxygen atoms in total. The number of anilines is 1. The van der Waals surface area contributed by atoms with Crippen molar-refractivity contribution in [2.45, 2.75) is 24.3 Å². The molecule has 23 heavy (non-hydrogen) atoms. The van der Waals surface area contributed by atoms with E-state index in [1.54, 1.807) is 30.0 Å². The zero-order chi connectivity index (χ0) is 16.4. The Labute approximate surface area is 143 Å². The maximum absolute atomic E-state index is 13.5. The van der Waals surface area contributed by atoms with Gasteiger partial charge in [0.1, 0.15) is 5.82 Å². The van der Waals surface area contributed by atoms with Crippen LogP contribution in [0.2, 0.25) is 5.02 Å². The largest absolute Gasteiger partial charge is 0.331 e. The first-order valence-electron chi connectivity index (χ1n) is 7.29. The first-order chi connectivity index (χ1) is 11.0. The van der Waals surface area contributed by atoms with E-state index in [9.17, 15) is 9.18 Å². The number of thioether (sulfide) groups is 1. The molecule has 0 spiro atoms. The third kappa shape index (κ3) is 3.79. The molecule has 0 bridgehead atoms. The van der Waals surface area contributed by atoms with Crippen LogP contribution in [0.4, 0.5) is 14.9 Å². The highest BCUT2D eigenvalue weighted by atomic mass is 35.5. The first-order valence-corrected chi connectivity index (χ1v) is 8.65. The van der Waals surface area contributed by atoms with Gasteiger partial charge in [-0.2, -0.15) is 0 Å². The van der Waals surface area contributed by atoms with E-state index >= 15 is 0 Å². The van der Waals surface area contributed by atoms with Crippen LogP contribution in [-0.2, 0) is 0 Å². The van der Waals surface area contributed by atoms with E-state index < -0.39 is 0 Å². The SMILES string of the molecule is Cc1ccc(NC(=O)NC2CCSc3ccc(F)cc32)c(Cl)c1. The number of benzene rings is 2. The van der Waals surface area contributed by atoms with E-state index in [4.69, 9.17) is 11.6 Å². The fraction of sp³-hybridized carbons (Fsp3) is 0.235. The summed E-state index contributed by atoms with van der Waals surface area (Å²) in [7, 11) is 0. The molecule has 3 rings (SSSR count). The van der Waals surface area contributed by atoms with Gasteiger partial charge in [-0.15, -0.1) is 11.8 Å². The molecular weight excluding hydrogens is 335 g/mol. The molecule has 1 aliphatic heterocycles. The third-order valence-electron chi connectivity index (χ3n) is 3.69. The second kappa shape index (κ2) is 6.81. The highest BCUT2D eigenvalue weighted by Gasteiger charge is 2.23. The summed E-state index contributed by atoms with van der Waals surface area (Å²) in [4.78, 5) is 13.2. The van der Waals surface area contributed by atoms with Gasteiger partial charge in [0.15, 0.2) is 0 Å². The Morgan fingerprint density at radius 2 is 2.13 bits per heavy atom. The Hall–Kier alpha value is -1.72. The molecule has 2 amide bonds. The van der Waals surface area contributed by atoms with E-state index in [1.807, 2.05) is 13.0 Å². The molecule has 1 atom stereocenters. The monoisotopic (exact) mass is 350 g/mol. The molecule has 0 aromatic heterocycles. The van der Waals surface area contributed by atoms with Crippen LogP contribution in [0.3, 0.4) is 0 Å². The Morgan fingerprint density at radius 3 is 2.91 bits per heavy atom. The quantitative estimate of drug-likeness (QED) is 0.786. The lowest BCUT2D eigenvalue weighted by molar-refractivity contribution is 0.248. The van der Waals surface area contributed by atoms with Gasteiger partial charge in [0, 0.05) is 10.6 Å². The highest BCUT2D eigenvalue weighted by molar-refractivity contribution is 7.99. The number of hydrogen-bond acceptors (Lipinski definition) is 2. The standard InChI is InChI=1S/C17H16ClFN2OS/c1-10-2-4-15(13(18)8-10)21-17(22)20-14-6-7-23-16-5-3-11(19)9-12(14)16/h2-5,8-9,14H,6-7H2,1H3,(H2,20,21,22). The fourth-order valence-electron chi connectivity index (χ4n) is 2.55. The normalized spacial score (nSPS) is 16.6. The minimum Gasteiger partial charge on any atom is -0.331 e. The van der Waals surface area contributed by atoms with Gasteiger partial charge in [0.05, 0.1) is 16.8 Å². The van der Waals surface area contributed by atoms with Gasteiger partial charge in [-0.3, -0.25) is 0 Å². The molecule has 0 radical (unpaired) electrons. The van der Waals surface area contributed by atoms with Crippen molar-refractivity contribution in [1.29, 1.82) is 0 Å². The van der Waals surface area contributed by atoms with Crippen LogP contribution in [-0.4, -0.2) is 11.8 Å². The van der Waals surface area contributed by atoms with E-state index in [1.165, 1.54) is 12.1 Å². The van der Waals surface area contributed by atoms with Crippen LogP contribution in [0.1, 0.15) is 23.6 Å². The Kier molecular flexibility index (Phi) is 4.78. The van der Waals surface area contributed by atoms with Crippen LogP contribution in [0.5, 0.6) is 0 Å². The van der Waals surface area contributed by atoms with Crippen molar-refractivity contribution in [3.05, 3.63) is 58.4 Å². The van der Waals surface area contributed by atoms with E-state index in [2.05, 4.69) is 10.6 Å². The molecule has 2 aromatic carbocycles. The average Bonchev–Trinajstić information content (AvgIpc) is 2.51. The lowest BCUT2D eigenvalue weighted by Gasteiger charge is -2.26. The summed E-state index contributed by atoms with van der Waals surface area (Å²) in [6.45, 7) is 1.93. The highest BCUT2D eigenvalue weighted by Crippen LogP contribution is 2.36. The van der Waals surface area contributed by atoms with Crippen molar-refractivity contribution in [1.82, 2.24) is 5.32 Å². The van der Waals surface area contributed by atoms with Crippen molar-refractivity contribution >= 4 is 35.1 Å². The molecule has 2 aromatic rings. The maximum atomic E-state index is 13.5. The number of nitrogens with one attached hydrogen (secondary N) is 2. The average molecular weight is 351 g/mol. The zero-order valence-corrected chi connectivity index (χ0v) is 14.1. The van der Waals surface area contributed by atoms with Gasteiger partial charge in [0.2, 0.25) is 0 Å². The predicted molar refractivity (Wildman–Crippen MR) is 92.8 cm³/mol. The van der Waals surface area contributed by atoms with Crippen molar-refractivity contribution in [3.63, 3.8) is 0 Å². The minimum absolute atomic E-state index is 0.203. The number of aryl methyl sites for hydroxylation is 1.